The number of amides is 3. The van der Waals surface area contributed by atoms with Gasteiger partial charge < -0.3 is 15.0 Å². The van der Waals surface area contributed by atoms with Crippen LogP contribution in [0.2, 0.25) is 0 Å². The number of anilines is 1. The number of hydrogen-bond donors (Lipinski definition) is 2. The number of rotatable bonds is 6. The number of imide groups is 1. The number of morpholine rings is 1. The molecule has 0 aromatic heterocycles. The smallest absolute Gasteiger partial charge is 0.255 e. The van der Waals surface area contributed by atoms with Gasteiger partial charge in [0.2, 0.25) is 11.8 Å². The second-order valence-corrected chi connectivity index (χ2v) is 8.02. The van der Waals surface area contributed by atoms with Crippen LogP contribution in [-0.4, -0.2) is 59.7 Å². The molecule has 0 bridgehead atoms. The Kier molecular flexibility index (Phi) is 3.99. The van der Waals surface area contributed by atoms with E-state index in [4.69, 9.17) is 11.0 Å². The average molecular weight is 457 g/mol. The summed E-state index contributed by atoms with van der Waals surface area (Å²) < 4.78 is 68.5. The molecule has 3 aliphatic heterocycles. The molecule has 8 nitrogen and oxygen atoms in total. The summed E-state index contributed by atoms with van der Waals surface area (Å²) in [5.41, 5.74) is 3.15. The van der Waals surface area contributed by atoms with E-state index in [1.807, 2.05) is 6.07 Å². The number of fused-ring (bicyclic) bond motifs is 1. The molecule has 0 aliphatic carbocycles. The Bertz CT molecular complexity index is 1380. The van der Waals surface area contributed by atoms with E-state index in [0.717, 1.165) is 11.1 Å². The van der Waals surface area contributed by atoms with E-state index in [1.165, 1.54) is 4.90 Å². The Morgan fingerprint density at radius 3 is 2.58 bits per heavy atom. The molecule has 2 saturated heterocycles. The van der Waals surface area contributed by atoms with Crippen molar-refractivity contribution in [2.75, 3.05) is 31.4 Å². The second kappa shape index (κ2) is 9.33. The first-order chi connectivity index (χ1) is 19.0. The van der Waals surface area contributed by atoms with Crippen LogP contribution in [0.25, 0.3) is 0 Å². The van der Waals surface area contributed by atoms with Crippen molar-refractivity contribution in [3.8, 4) is 0 Å². The molecule has 8 heteroatoms. The molecule has 3 amide bonds. The third-order valence-corrected chi connectivity index (χ3v) is 5.89. The van der Waals surface area contributed by atoms with Gasteiger partial charge in [-0.2, -0.15) is 0 Å². The van der Waals surface area contributed by atoms with Crippen LogP contribution in [0.4, 0.5) is 5.69 Å². The zero-order valence-corrected chi connectivity index (χ0v) is 17.7. The van der Waals surface area contributed by atoms with Gasteiger partial charge in [-0.05, 0) is 29.7 Å². The van der Waals surface area contributed by atoms with E-state index in [1.54, 1.807) is 36.4 Å². The molecule has 0 unspecified atom stereocenters. The molecule has 3 heterocycles. The van der Waals surface area contributed by atoms with Crippen LogP contribution >= 0.6 is 0 Å². The number of hydrogen-bond acceptors (Lipinski definition) is 6. The van der Waals surface area contributed by atoms with Crippen LogP contribution in [0.15, 0.2) is 42.5 Å². The van der Waals surface area contributed by atoms with Gasteiger partial charge in [-0.25, -0.2) is 0 Å². The Morgan fingerprint density at radius 1 is 1.06 bits per heavy atom. The summed E-state index contributed by atoms with van der Waals surface area (Å²) in [6, 6.07) is 11.2. The lowest BCUT2D eigenvalue weighted by molar-refractivity contribution is -0.136. The number of piperidine rings is 1. The van der Waals surface area contributed by atoms with Gasteiger partial charge in [0.05, 0.1) is 18.6 Å². The maximum absolute atomic E-state index is 13.0. The van der Waals surface area contributed by atoms with Crippen molar-refractivity contribution in [2.45, 2.75) is 38.5 Å². The molecule has 1 atom stereocenters. The SMILES string of the molecule is [2H]C1([2H])OC([2H])([2H])C([2H])([2H])N(Cc2ccc(CNc3cccc4c3CN([C@@H]3CCC(=O)NC3=O)C4=O)cc2)C1([2H])[2H]. The average Bonchev–Trinajstić information content (AvgIpc) is 3.21. The standard InChI is InChI=1S/C25H28N4O4/c30-23-9-8-22(24(31)27-23)29-16-20-19(25(29)32)2-1-3-21(20)26-14-17-4-6-18(7-5-17)15-28-10-12-33-13-11-28/h1-7,22,26H,8-16H2,(H,27,30,31)/t22-/m1/s1/i10D2,11D2,12D2,13D2. The summed E-state index contributed by atoms with van der Waals surface area (Å²) in [7, 11) is 0. The van der Waals surface area contributed by atoms with Crippen LogP contribution in [-0.2, 0) is 34.0 Å². The quantitative estimate of drug-likeness (QED) is 0.645. The van der Waals surface area contributed by atoms with E-state index in [2.05, 4.69) is 15.4 Å². The molecular formula is C25H28N4O4. The topological polar surface area (TPSA) is 91.0 Å². The molecule has 172 valence electrons. The number of carbonyl (C=O) groups is 3. The normalized spacial score (nSPS) is 30.8. The van der Waals surface area contributed by atoms with Gasteiger partial charge in [0.15, 0.2) is 0 Å². The van der Waals surface area contributed by atoms with Gasteiger partial charge in [0, 0.05) is 61.3 Å². The third kappa shape index (κ3) is 4.62. The van der Waals surface area contributed by atoms with E-state index in [0.29, 0.717) is 28.3 Å². The molecule has 0 spiro atoms. The summed E-state index contributed by atoms with van der Waals surface area (Å²) in [5, 5.41) is 5.58. The Morgan fingerprint density at radius 2 is 1.82 bits per heavy atom. The molecular weight excluding hydrogens is 420 g/mol. The summed E-state index contributed by atoms with van der Waals surface area (Å²) >= 11 is 0. The highest BCUT2D eigenvalue weighted by molar-refractivity contribution is 6.06. The Balaban J connectivity index is 1.28. The highest BCUT2D eigenvalue weighted by Crippen LogP contribution is 2.32. The van der Waals surface area contributed by atoms with Crippen LogP contribution in [0.5, 0.6) is 0 Å². The van der Waals surface area contributed by atoms with Crippen molar-refractivity contribution < 1.29 is 30.1 Å². The van der Waals surface area contributed by atoms with Crippen LogP contribution < -0.4 is 10.6 Å². The molecule has 2 aromatic carbocycles. The van der Waals surface area contributed by atoms with E-state index < -0.39 is 44.6 Å². The lowest BCUT2D eigenvalue weighted by Crippen LogP contribution is -2.52. The molecule has 0 radical (unpaired) electrons. The number of nitrogens with zero attached hydrogens (tertiary/aromatic N) is 2. The predicted octanol–water partition coefficient (Wildman–Crippen LogP) is 1.89. The maximum Gasteiger partial charge on any atom is 0.255 e. The zero-order chi connectivity index (χ0) is 30.0. The first-order valence-electron chi connectivity index (χ1n) is 14.6. The van der Waals surface area contributed by atoms with Crippen LogP contribution in [0.1, 0.15) is 50.9 Å². The van der Waals surface area contributed by atoms with Crippen molar-refractivity contribution in [3.63, 3.8) is 0 Å². The van der Waals surface area contributed by atoms with Gasteiger partial charge in [-0.15, -0.1) is 0 Å². The van der Waals surface area contributed by atoms with Crippen molar-refractivity contribution >= 4 is 23.4 Å². The monoisotopic (exact) mass is 456 g/mol. The van der Waals surface area contributed by atoms with Crippen molar-refractivity contribution in [1.82, 2.24) is 15.1 Å². The first-order valence-corrected chi connectivity index (χ1v) is 10.6. The fourth-order valence-corrected chi connectivity index (χ4v) is 4.18. The Hall–Kier alpha value is -3.23. The fraction of sp³-hybridized carbons (Fsp3) is 0.400. The minimum Gasteiger partial charge on any atom is -0.381 e. The molecule has 3 aliphatic rings. The van der Waals surface area contributed by atoms with Gasteiger partial charge in [-0.3, -0.25) is 24.6 Å². The van der Waals surface area contributed by atoms with Crippen LogP contribution in [0, 0.1) is 0 Å². The third-order valence-electron chi connectivity index (χ3n) is 5.89. The molecule has 2 fully saturated rings. The minimum atomic E-state index is -3.10. The molecule has 5 rings (SSSR count). The van der Waals surface area contributed by atoms with Gasteiger partial charge in [0.1, 0.15) is 6.04 Å². The van der Waals surface area contributed by atoms with Gasteiger partial charge >= 0.3 is 0 Å². The maximum atomic E-state index is 13.0. The summed E-state index contributed by atoms with van der Waals surface area (Å²) in [6.45, 7) is -12.0. The number of carbonyl (C=O) groups excluding carboxylic acids is 3. The van der Waals surface area contributed by atoms with E-state index in [-0.39, 0.29) is 31.2 Å². The molecule has 33 heavy (non-hydrogen) atoms. The van der Waals surface area contributed by atoms with Crippen LogP contribution in [0.3, 0.4) is 0 Å². The largest absolute Gasteiger partial charge is 0.381 e. The predicted molar refractivity (Wildman–Crippen MR) is 122 cm³/mol. The summed E-state index contributed by atoms with van der Waals surface area (Å²) in [5.74, 6) is -1.12. The number of ether oxygens (including phenoxy) is 1. The van der Waals surface area contributed by atoms with Gasteiger partial charge in [0.25, 0.3) is 5.91 Å². The zero-order valence-electron chi connectivity index (χ0n) is 25.7. The fourth-order valence-electron chi connectivity index (χ4n) is 4.18. The highest BCUT2D eigenvalue weighted by Gasteiger charge is 2.39. The second-order valence-electron chi connectivity index (χ2n) is 8.02. The van der Waals surface area contributed by atoms with Gasteiger partial charge in [-0.1, -0.05) is 30.3 Å². The molecule has 0 saturated carbocycles. The highest BCUT2D eigenvalue weighted by atomic mass is 16.5. The molecule has 2 N–H and O–H groups in total. The Labute approximate surface area is 204 Å². The number of nitrogens with one attached hydrogen (secondary N) is 2. The lowest BCUT2D eigenvalue weighted by Gasteiger charge is -2.29. The van der Waals surface area contributed by atoms with Crippen molar-refractivity contribution in [1.29, 1.82) is 0 Å². The van der Waals surface area contributed by atoms with E-state index in [9.17, 15) is 14.4 Å². The molecule has 2 aromatic rings. The lowest BCUT2D eigenvalue weighted by atomic mass is 10.0. The summed E-state index contributed by atoms with van der Waals surface area (Å²) in [6.07, 6.45) is 0.431. The first kappa shape index (κ1) is 14.1. The number of benzene rings is 2. The van der Waals surface area contributed by atoms with Crippen molar-refractivity contribution in [2.24, 2.45) is 0 Å². The van der Waals surface area contributed by atoms with E-state index >= 15 is 0 Å². The minimum absolute atomic E-state index is 0.165. The summed E-state index contributed by atoms with van der Waals surface area (Å²) in [4.78, 5) is 38.9. The van der Waals surface area contributed by atoms with Crippen molar-refractivity contribution in [3.05, 3.63) is 64.7 Å².